The maximum Gasteiger partial charge on any atom is 0.306 e. The number of carbonyl (C=O) groups excluding carboxylic acids is 3. The molecule has 0 aliphatic carbocycles. The van der Waals surface area contributed by atoms with Crippen LogP contribution in [-0.4, -0.2) is 37.2 Å². The SMILES string of the molecule is CCCCC/C=C/C/C=C/C/C=C/C/C=C/CCCC(=O)OC[C@@H](COC(=O)CCCCCCCCCCCCCCCCCC)OC(=O)CCCCCCCCCCCCCCCCCCC. The molecule has 0 unspecified atom stereocenters. The number of hydrogen-bond acceptors (Lipinski definition) is 6. The van der Waals surface area contributed by atoms with E-state index in [4.69, 9.17) is 14.2 Å². The maximum atomic E-state index is 12.9. The Morgan fingerprint density at radius 2 is 0.544 bits per heavy atom. The molecule has 68 heavy (non-hydrogen) atoms. The van der Waals surface area contributed by atoms with Gasteiger partial charge < -0.3 is 14.2 Å². The largest absolute Gasteiger partial charge is 0.462 e. The molecule has 0 aromatic carbocycles. The molecule has 0 aromatic heterocycles. The quantitative estimate of drug-likeness (QED) is 0.0262. The Labute approximate surface area is 422 Å². The lowest BCUT2D eigenvalue weighted by atomic mass is 10.0. The molecule has 0 aliphatic rings. The Balaban J connectivity index is 4.41. The van der Waals surface area contributed by atoms with Crippen molar-refractivity contribution in [2.45, 2.75) is 316 Å². The van der Waals surface area contributed by atoms with Gasteiger partial charge in [-0.2, -0.15) is 0 Å². The zero-order valence-electron chi connectivity index (χ0n) is 45.4. The number of rotatable bonds is 54. The number of ether oxygens (including phenoxy) is 3. The van der Waals surface area contributed by atoms with E-state index in [-0.39, 0.29) is 37.5 Å². The van der Waals surface area contributed by atoms with Crippen molar-refractivity contribution in [2.75, 3.05) is 13.2 Å². The predicted molar refractivity (Wildman–Crippen MR) is 293 cm³/mol. The normalized spacial score (nSPS) is 12.3. The van der Waals surface area contributed by atoms with Crippen LogP contribution in [0, 0.1) is 0 Å². The Bertz CT molecular complexity index is 1190. The van der Waals surface area contributed by atoms with E-state index in [0.717, 1.165) is 64.2 Å². The first-order valence-corrected chi connectivity index (χ1v) is 29.6. The van der Waals surface area contributed by atoms with Crippen LogP contribution in [0.2, 0.25) is 0 Å². The molecule has 0 N–H and O–H groups in total. The van der Waals surface area contributed by atoms with Gasteiger partial charge in [0.2, 0.25) is 0 Å². The minimum atomic E-state index is -0.791. The molecule has 0 spiro atoms. The van der Waals surface area contributed by atoms with Gasteiger partial charge in [0, 0.05) is 19.3 Å². The zero-order chi connectivity index (χ0) is 49.3. The molecule has 0 fully saturated rings. The summed E-state index contributed by atoms with van der Waals surface area (Å²) < 4.78 is 16.8. The summed E-state index contributed by atoms with van der Waals surface area (Å²) in [6, 6.07) is 0. The van der Waals surface area contributed by atoms with E-state index in [1.54, 1.807) is 0 Å². The lowest BCUT2D eigenvalue weighted by Gasteiger charge is -2.18. The topological polar surface area (TPSA) is 78.9 Å². The minimum Gasteiger partial charge on any atom is -0.462 e. The first kappa shape index (κ1) is 65.4. The molecule has 0 saturated carbocycles. The van der Waals surface area contributed by atoms with Crippen molar-refractivity contribution >= 4 is 17.9 Å². The summed E-state index contributed by atoms with van der Waals surface area (Å²) in [6.45, 7) is 6.61. The first-order valence-electron chi connectivity index (χ1n) is 29.6. The van der Waals surface area contributed by atoms with Gasteiger partial charge in [-0.3, -0.25) is 14.4 Å². The Morgan fingerprint density at radius 1 is 0.294 bits per heavy atom. The van der Waals surface area contributed by atoms with Crippen LogP contribution in [-0.2, 0) is 28.6 Å². The van der Waals surface area contributed by atoms with E-state index in [0.29, 0.717) is 19.3 Å². The van der Waals surface area contributed by atoms with E-state index in [1.165, 1.54) is 199 Å². The van der Waals surface area contributed by atoms with Crippen molar-refractivity contribution in [1.29, 1.82) is 0 Å². The zero-order valence-corrected chi connectivity index (χ0v) is 45.4. The fourth-order valence-electron chi connectivity index (χ4n) is 8.61. The third kappa shape index (κ3) is 54.3. The van der Waals surface area contributed by atoms with Gasteiger partial charge in [-0.25, -0.2) is 0 Å². The monoisotopic (exact) mass is 953 g/mol. The van der Waals surface area contributed by atoms with Gasteiger partial charge >= 0.3 is 17.9 Å². The van der Waals surface area contributed by atoms with Gasteiger partial charge in [0.1, 0.15) is 13.2 Å². The number of esters is 3. The number of hydrogen-bond donors (Lipinski definition) is 0. The van der Waals surface area contributed by atoms with E-state index in [2.05, 4.69) is 69.4 Å². The molecule has 0 heterocycles. The summed E-state index contributed by atoms with van der Waals surface area (Å²) in [5, 5.41) is 0. The van der Waals surface area contributed by atoms with Gasteiger partial charge in [0.05, 0.1) is 0 Å². The van der Waals surface area contributed by atoms with Crippen LogP contribution in [0.3, 0.4) is 0 Å². The van der Waals surface area contributed by atoms with Gasteiger partial charge in [0.25, 0.3) is 0 Å². The van der Waals surface area contributed by atoms with Gasteiger partial charge in [-0.1, -0.05) is 281 Å². The Hall–Kier alpha value is -2.63. The number of carbonyl (C=O) groups is 3. The summed E-state index contributed by atoms with van der Waals surface area (Å²) in [4.78, 5) is 38.2. The van der Waals surface area contributed by atoms with Gasteiger partial charge in [-0.15, -0.1) is 0 Å². The van der Waals surface area contributed by atoms with Crippen molar-refractivity contribution in [3.63, 3.8) is 0 Å². The minimum absolute atomic E-state index is 0.0853. The molecular weight excluding hydrogens is 841 g/mol. The standard InChI is InChI=1S/C62H112O6/c1-4-7-10-13-16-19-22-25-28-31-34-37-40-43-46-49-52-55-61(64)67-58-59(57-66-60(63)54-51-48-45-42-39-36-33-30-27-24-21-18-15-12-9-6-3)68-62(65)56-53-50-47-44-41-38-35-32-29-26-23-20-17-14-11-8-5-2/h16,19,25,28,34,37,43,46,59H,4-15,17-18,20-24,26-27,29-33,35-36,38-42,44-45,47-58H2,1-3H3/b19-16+,28-25+,37-34+,46-43+/t59-/m1/s1. The predicted octanol–water partition coefficient (Wildman–Crippen LogP) is 19.8. The van der Waals surface area contributed by atoms with Crippen LogP contribution < -0.4 is 0 Å². The molecule has 0 amide bonds. The molecule has 0 radical (unpaired) electrons. The summed E-state index contributed by atoms with van der Waals surface area (Å²) >= 11 is 0. The highest BCUT2D eigenvalue weighted by Gasteiger charge is 2.19. The van der Waals surface area contributed by atoms with Crippen molar-refractivity contribution in [3.05, 3.63) is 48.6 Å². The lowest BCUT2D eigenvalue weighted by molar-refractivity contribution is -0.167. The van der Waals surface area contributed by atoms with E-state index in [1.807, 2.05) is 0 Å². The van der Waals surface area contributed by atoms with E-state index >= 15 is 0 Å². The Morgan fingerprint density at radius 3 is 0.882 bits per heavy atom. The second kappa shape index (κ2) is 57.0. The molecule has 0 saturated heterocycles. The average Bonchev–Trinajstić information content (AvgIpc) is 3.34. The van der Waals surface area contributed by atoms with Crippen LogP contribution in [0.4, 0.5) is 0 Å². The fourth-order valence-corrected chi connectivity index (χ4v) is 8.61. The summed E-state index contributed by atoms with van der Waals surface area (Å²) in [5.41, 5.74) is 0. The molecule has 0 aromatic rings. The van der Waals surface area contributed by atoms with Crippen molar-refractivity contribution in [2.24, 2.45) is 0 Å². The summed E-state index contributed by atoms with van der Waals surface area (Å²) in [5.74, 6) is -0.925. The first-order chi connectivity index (χ1) is 33.5. The molecule has 0 rings (SSSR count). The van der Waals surface area contributed by atoms with Crippen LogP contribution in [0.25, 0.3) is 0 Å². The lowest BCUT2D eigenvalue weighted by Crippen LogP contribution is -2.30. The third-order valence-electron chi connectivity index (χ3n) is 13.1. The summed E-state index contributed by atoms with van der Waals surface area (Å²) in [6.07, 6.45) is 69.6. The molecule has 1 atom stereocenters. The molecule has 6 heteroatoms. The highest BCUT2D eigenvalue weighted by molar-refractivity contribution is 5.71. The molecule has 6 nitrogen and oxygen atoms in total. The molecule has 0 aliphatic heterocycles. The van der Waals surface area contributed by atoms with Crippen LogP contribution in [0.1, 0.15) is 310 Å². The van der Waals surface area contributed by atoms with Crippen LogP contribution >= 0.6 is 0 Å². The van der Waals surface area contributed by atoms with Crippen molar-refractivity contribution in [3.8, 4) is 0 Å². The average molecular weight is 954 g/mol. The second-order valence-corrected chi connectivity index (χ2v) is 19.9. The smallest absolute Gasteiger partial charge is 0.306 e. The van der Waals surface area contributed by atoms with Crippen LogP contribution in [0.15, 0.2) is 48.6 Å². The molecular formula is C62H112O6. The van der Waals surface area contributed by atoms with Gasteiger partial charge in [0.15, 0.2) is 6.10 Å². The van der Waals surface area contributed by atoms with E-state index in [9.17, 15) is 14.4 Å². The van der Waals surface area contributed by atoms with Crippen LogP contribution in [0.5, 0.6) is 0 Å². The number of allylic oxidation sites excluding steroid dienone is 8. The third-order valence-corrected chi connectivity index (χ3v) is 13.1. The van der Waals surface area contributed by atoms with Crippen molar-refractivity contribution in [1.82, 2.24) is 0 Å². The molecule has 396 valence electrons. The van der Waals surface area contributed by atoms with E-state index < -0.39 is 6.10 Å². The maximum absolute atomic E-state index is 12.9. The Kier molecular flexibility index (Phi) is 54.8. The summed E-state index contributed by atoms with van der Waals surface area (Å²) in [7, 11) is 0. The van der Waals surface area contributed by atoms with Gasteiger partial charge in [-0.05, 0) is 57.8 Å². The fraction of sp³-hybridized carbons (Fsp3) is 0.823. The highest BCUT2D eigenvalue weighted by Crippen LogP contribution is 2.17. The highest BCUT2D eigenvalue weighted by atomic mass is 16.6. The number of unbranched alkanes of at least 4 members (excludes halogenated alkanes) is 35. The second-order valence-electron chi connectivity index (χ2n) is 19.9. The van der Waals surface area contributed by atoms with Crippen molar-refractivity contribution < 1.29 is 28.6 Å². The molecule has 0 bridgehead atoms.